The Bertz CT molecular complexity index is 427. The van der Waals surface area contributed by atoms with Crippen molar-refractivity contribution in [2.45, 2.75) is 38.1 Å². The van der Waals surface area contributed by atoms with Gasteiger partial charge >= 0.3 is 0 Å². The van der Waals surface area contributed by atoms with E-state index in [1.54, 1.807) is 19.2 Å². The van der Waals surface area contributed by atoms with E-state index >= 15 is 0 Å². The smallest absolute Gasteiger partial charge is 0.236 e. The third kappa shape index (κ3) is 4.04. The van der Waals surface area contributed by atoms with Crippen molar-refractivity contribution < 1.29 is 9.18 Å². The third-order valence-corrected chi connectivity index (χ3v) is 3.97. The van der Waals surface area contributed by atoms with Crippen molar-refractivity contribution in [3.8, 4) is 0 Å². The number of hydrogen-bond donors (Lipinski definition) is 1. The Morgan fingerprint density at radius 1 is 1.30 bits per heavy atom. The lowest BCUT2D eigenvalue weighted by molar-refractivity contribution is -0.132. The fourth-order valence-corrected chi connectivity index (χ4v) is 2.88. The second kappa shape index (κ2) is 7.39. The van der Waals surface area contributed by atoms with Crippen molar-refractivity contribution in [2.75, 3.05) is 20.1 Å². The zero-order valence-corrected chi connectivity index (χ0v) is 12.1. The van der Waals surface area contributed by atoms with Crippen LogP contribution in [0.4, 0.5) is 4.39 Å². The Morgan fingerprint density at radius 3 is 2.55 bits per heavy atom. The first kappa shape index (κ1) is 15.0. The van der Waals surface area contributed by atoms with Crippen LogP contribution in [-0.2, 0) is 11.2 Å². The second-order valence-corrected chi connectivity index (χ2v) is 5.43. The molecule has 1 saturated carbocycles. The first-order valence-electron chi connectivity index (χ1n) is 7.39. The van der Waals surface area contributed by atoms with Gasteiger partial charge in [-0.25, -0.2) is 4.39 Å². The molecule has 3 nitrogen and oxygen atoms in total. The Labute approximate surface area is 120 Å². The highest BCUT2D eigenvalue weighted by Crippen LogP contribution is 2.23. The molecule has 0 aliphatic heterocycles. The quantitative estimate of drug-likeness (QED) is 0.866. The van der Waals surface area contributed by atoms with E-state index in [4.69, 9.17) is 0 Å². The van der Waals surface area contributed by atoms with Crippen LogP contribution in [0.25, 0.3) is 0 Å². The topological polar surface area (TPSA) is 32.3 Å². The van der Waals surface area contributed by atoms with Crippen LogP contribution in [0.1, 0.15) is 31.2 Å². The van der Waals surface area contributed by atoms with Gasteiger partial charge in [-0.15, -0.1) is 0 Å². The molecule has 0 unspecified atom stereocenters. The molecular formula is C16H23FN2O. The van der Waals surface area contributed by atoms with E-state index in [-0.39, 0.29) is 11.7 Å². The maximum atomic E-state index is 12.9. The number of amides is 1. The number of nitrogens with zero attached hydrogens (tertiary/aromatic N) is 1. The molecule has 0 spiro atoms. The lowest BCUT2D eigenvalue weighted by Gasteiger charge is -2.29. The minimum atomic E-state index is -0.215. The Morgan fingerprint density at radius 2 is 1.95 bits per heavy atom. The van der Waals surface area contributed by atoms with Gasteiger partial charge in [0, 0.05) is 12.6 Å². The number of hydrogen-bond acceptors (Lipinski definition) is 2. The molecule has 0 aromatic heterocycles. The largest absolute Gasteiger partial charge is 0.338 e. The van der Waals surface area contributed by atoms with E-state index in [9.17, 15) is 9.18 Å². The van der Waals surface area contributed by atoms with Gasteiger partial charge in [-0.05, 0) is 44.0 Å². The van der Waals surface area contributed by atoms with Gasteiger partial charge in [0.1, 0.15) is 5.82 Å². The summed E-state index contributed by atoms with van der Waals surface area (Å²) in [5, 5.41) is 2.94. The summed E-state index contributed by atoms with van der Waals surface area (Å²) in [4.78, 5) is 14.2. The standard InChI is InChI=1S/C16H23FN2O/c1-18-12-16(20)19(15-4-2-3-5-15)11-10-13-6-8-14(17)9-7-13/h6-9,15,18H,2-5,10-12H2,1H3. The normalized spacial score (nSPS) is 15.5. The van der Waals surface area contributed by atoms with E-state index in [2.05, 4.69) is 5.32 Å². The number of rotatable bonds is 6. The average Bonchev–Trinajstić information content (AvgIpc) is 2.95. The molecule has 0 radical (unpaired) electrons. The van der Waals surface area contributed by atoms with Crippen molar-refractivity contribution in [1.29, 1.82) is 0 Å². The van der Waals surface area contributed by atoms with Crippen molar-refractivity contribution in [3.05, 3.63) is 35.6 Å². The summed E-state index contributed by atoms with van der Waals surface area (Å²) in [6, 6.07) is 6.93. The molecule has 0 atom stereocenters. The van der Waals surface area contributed by atoms with Gasteiger partial charge in [-0.2, -0.15) is 0 Å². The van der Waals surface area contributed by atoms with Crippen molar-refractivity contribution in [1.82, 2.24) is 10.2 Å². The van der Waals surface area contributed by atoms with Crippen molar-refractivity contribution in [3.63, 3.8) is 0 Å². The summed E-state index contributed by atoms with van der Waals surface area (Å²) < 4.78 is 12.9. The lowest BCUT2D eigenvalue weighted by Crippen LogP contribution is -2.44. The van der Waals surface area contributed by atoms with Gasteiger partial charge in [0.05, 0.1) is 6.54 Å². The van der Waals surface area contributed by atoms with Gasteiger partial charge in [0.25, 0.3) is 0 Å². The fourth-order valence-electron chi connectivity index (χ4n) is 2.88. The van der Waals surface area contributed by atoms with Crippen LogP contribution in [0.15, 0.2) is 24.3 Å². The summed E-state index contributed by atoms with van der Waals surface area (Å²) in [5.74, 6) is -0.0471. The molecule has 0 bridgehead atoms. The molecule has 0 heterocycles. The summed E-state index contributed by atoms with van der Waals surface area (Å²) in [6.07, 6.45) is 5.43. The second-order valence-electron chi connectivity index (χ2n) is 5.43. The minimum Gasteiger partial charge on any atom is -0.338 e. The van der Waals surface area contributed by atoms with Crippen molar-refractivity contribution >= 4 is 5.91 Å². The molecule has 1 aromatic carbocycles. The maximum Gasteiger partial charge on any atom is 0.236 e. The van der Waals surface area contributed by atoms with E-state index < -0.39 is 0 Å². The molecular weight excluding hydrogens is 255 g/mol. The Hall–Kier alpha value is -1.42. The number of nitrogens with one attached hydrogen (secondary N) is 1. The minimum absolute atomic E-state index is 0.168. The zero-order valence-electron chi connectivity index (χ0n) is 12.1. The summed E-state index contributed by atoms with van der Waals surface area (Å²) in [7, 11) is 1.80. The number of carbonyl (C=O) groups is 1. The van der Waals surface area contributed by atoms with Gasteiger partial charge in [-0.1, -0.05) is 25.0 Å². The number of halogens is 1. The molecule has 20 heavy (non-hydrogen) atoms. The molecule has 110 valence electrons. The van der Waals surface area contributed by atoms with Gasteiger partial charge in [-0.3, -0.25) is 4.79 Å². The Balaban J connectivity index is 1.96. The molecule has 1 aliphatic rings. The van der Waals surface area contributed by atoms with Gasteiger partial charge < -0.3 is 10.2 Å². The first-order valence-corrected chi connectivity index (χ1v) is 7.39. The van der Waals surface area contributed by atoms with E-state index in [0.717, 1.165) is 31.4 Å². The van der Waals surface area contributed by atoms with Crippen LogP contribution in [0.5, 0.6) is 0 Å². The third-order valence-electron chi connectivity index (χ3n) is 3.97. The van der Waals surface area contributed by atoms with Crippen LogP contribution >= 0.6 is 0 Å². The molecule has 1 aliphatic carbocycles. The monoisotopic (exact) mass is 278 g/mol. The number of benzene rings is 1. The molecule has 1 amide bonds. The highest BCUT2D eigenvalue weighted by atomic mass is 19.1. The van der Waals surface area contributed by atoms with Crippen LogP contribution in [0.2, 0.25) is 0 Å². The zero-order chi connectivity index (χ0) is 14.4. The molecule has 2 rings (SSSR count). The summed E-state index contributed by atoms with van der Waals surface area (Å²) in [5.41, 5.74) is 1.08. The van der Waals surface area contributed by atoms with Gasteiger partial charge in [0.15, 0.2) is 0 Å². The average molecular weight is 278 g/mol. The Kier molecular flexibility index (Phi) is 5.53. The predicted octanol–water partition coefficient (Wildman–Crippen LogP) is 2.36. The van der Waals surface area contributed by atoms with E-state index in [0.29, 0.717) is 12.6 Å². The van der Waals surface area contributed by atoms with Crippen molar-refractivity contribution in [2.24, 2.45) is 0 Å². The van der Waals surface area contributed by atoms with Gasteiger partial charge in [0.2, 0.25) is 5.91 Å². The van der Waals surface area contributed by atoms with Crippen LogP contribution in [0, 0.1) is 5.82 Å². The number of likely N-dealkylation sites (N-methyl/N-ethyl adjacent to an activating group) is 1. The summed E-state index contributed by atoms with van der Waals surface area (Å²) >= 11 is 0. The SMILES string of the molecule is CNCC(=O)N(CCc1ccc(F)cc1)C1CCCC1. The maximum absolute atomic E-state index is 12.9. The lowest BCUT2D eigenvalue weighted by atomic mass is 10.1. The van der Waals surface area contributed by atoms with Crippen LogP contribution in [0.3, 0.4) is 0 Å². The highest BCUT2D eigenvalue weighted by molar-refractivity contribution is 5.78. The molecule has 0 saturated heterocycles. The van der Waals surface area contributed by atoms with Crippen LogP contribution < -0.4 is 5.32 Å². The first-order chi connectivity index (χ1) is 9.70. The van der Waals surface area contributed by atoms with E-state index in [1.807, 2.05) is 4.90 Å². The van der Waals surface area contributed by atoms with E-state index in [1.165, 1.54) is 25.0 Å². The highest BCUT2D eigenvalue weighted by Gasteiger charge is 2.25. The number of carbonyl (C=O) groups excluding carboxylic acids is 1. The molecule has 1 fully saturated rings. The van der Waals surface area contributed by atoms with Crippen LogP contribution in [-0.4, -0.2) is 37.0 Å². The molecule has 4 heteroatoms. The predicted molar refractivity (Wildman–Crippen MR) is 78.0 cm³/mol. The molecule has 1 aromatic rings. The summed E-state index contributed by atoms with van der Waals surface area (Å²) in [6.45, 7) is 1.11. The molecule has 1 N–H and O–H groups in total. The fraction of sp³-hybridized carbons (Fsp3) is 0.562.